The number of ketones is 1. The second-order valence-electron chi connectivity index (χ2n) is 6.39. The molecule has 1 fully saturated rings. The monoisotopic (exact) mass is 468 g/mol. The highest BCUT2D eigenvalue weighted by molar-refractivity contribution is 7.99. The van der Waals surface area contributed by atoms with E-state index in [9.17, 15) is 22.8 Å². The Balaban J connectivity index is 1.63. The molecule has 30 heavy (non-hydrogen) atoms. The predicted molar refractivity (Wildman–Crippen MR) is 116 cm³/mol. The van der Waals surface area contributed by atoms with Crippen LogP contribution in [0.1, 0.15) is 27.0 Å². The van der Waals surface area contributed by atoms with Gasteiger partial charge in [0.15, 0.2) is 12.4 Å². The lowest BCUT2D eigenvalue weighted by molar-refractivity contribution is -0.119. The topological polar surface area (TPSA) is 110 Å². The molecule has 0 bridgehead atoms. The quantitative estimate of drug-likeness (QED) is 0.491. The fourth-order valence-electron chi connectivity index (χ4n) is 2.79. The molecular weight excluding hydrogens is 448 g/mol. The first-order valence-corrected chi connectivity index (χ1v) is 12.5. The molecule has 1 aromatic carbocycles. The maximum Gasteiger partial charge on any atom is 0.350 e. The molecule has 0 aliphatic carbocycles. The number of carbonyl (C=O) groups is 3. The Morgan fingerprint density at radius 1 is 1.17 bits per heavy atom. The predicted octanol–water partition coefficient (Wildman–Crippen LogP) is 2.48. The van der Waals surface area contributed by atoms with Crippen molar-refractivity contribution >= 4 is 56.5 Å². The van der Waals surface area contributed by atoms with Crippen LogP contribution in [0.15, 0.2) is 40.6 Å². The third-order valence-electron chi connectivity index (χ3n) is 4.29. The van der Waals surface area contributed by atoms with Gasteiger partial charge in [-0.25, -0.2) is 13.2 Å². The van der Waals surface area contributed by atoms with Crippen LogP contribution in [0.2, 0.25) is 0 Å². The molecule has 1 amide bonds. The Labute approximate surface area is 182 Å². The van der Waals surface area contributed by atoms with Crippen LogP contribution in [0.25, 0.3) is 0 Å². The number of nitrogens with one attached hydrogen (secondary N) is 1. The Bertz CT molecular complexity index is 1060. The summed E-state index contributed by atoms with van der Waals surface area (Å²) < 4.78 is 32.1. The highest BCUT2D eigenvalue weighted by atomic mass is 32.2. The van der Waals surface area contributed by atoms with Crippen LogP contribution in [0.3, 0.4) is 0 Å². The van der Waals surface area contributed by atoms with Crippen molar-refractivity contribution in [2.24, 2.45) is 0 Å². The number of benzene rings is 1. The van der Waals surface area contributed by atoms with Crippen LogP contribution in [-0.4, -0.2) is 61.6 Å². The molecule has 0 unspecified atom stereocenters. The summed E-state index contributed by atoms with van der Waals surface area (Å²) >= 11 is 2.63. The van der Waals surface area contributed by atoms with Crippen molar-refractivity contribution in [1.82, 2.24) is 4.31 Å². The summed E-state index contributed by atoms with van der Waals surface area (Å²) in [7, 11) is -3.80. The van der Waals surface area contributed by atoms with Crippen molar-refractivity contribution in [3.63, 3.8) is 0 Å². The molecule has 0 saturated carbocycles. The van der Waals surface area contributed by atoms with E-state index in [0.29, 0.717) is 35.8 Å². The summed E-state index contributed by atoms with van der Waals surface area (Å²) in [6, 6.07) is 7.75. The number of hydrogen-bond donors (Lipinski definition) is 1. The number of thioether (sulfide) groups is 1. The van der Waals surface area contributed by atoms with Crippen molar-refractivity contribution in [3.05, 3.63) is 46.2 Å². The first kappa shape index (κ1) is 22.5. The van der Waals surface area contributed by atoms with Crippen molar-refractivity contribution in [1.29, 1.82) is 0 Å². The van der Waals surface area contributed by atoms with Gasteiger partial charge in [-0.2, -0.15) is 16.1 Å². The SMILES string of the molecule is CC(=O)c1cccc(NC(=O)COC(=O)c2sccc2S(=O)(=O)N2CCSCC2)c1. The maximum atomic E-state index is 12.8. The number of carbonyl (C=O) groups excluding carboxylic acids is 3. The normalized spacial score (nSPS) is 14.8. The standard InChI is InChI=1S/C19H20N2O6S3/c1-13(22)14-3-2-4-15(11-14)20-17(23)12-27-19(24)18-16(5-8-29-18)30(25,26)21-6-9-28-10-7-21/h2-5,8,11H,6-7,9-10,12H2,1H3,(H,20,23). The molecular formula is C19H20N2O6S3. The summed E-state index contributed by atoms with van der Waals surface area (Å²) in [6.07, 6.45) is 0. The molecule has 2 aromatic rings. The average Bonchev–Trinajstić information content (AvgIpc) is 3.24. The zero-order chi connectivity index (χ0) is 21.7. The van der Waals surface area contributed by atoms with Gasteiger partial charge in [-0.1, -0.05) is 12.1 Å². The highest BCUT2D eigenvalue weighted by Gasteiger charge is 2.31. The molecule has 1 N–H and O–H groups in total. The Hall–Kier alpha value is -2.21. The van der Waals surface area contributed by atoms with Crippen molar-refractivity contribution in [2.45, 2.75) is 11.8 Å². The number of Topliss-reactive ketones (excluding diaryl/α,β-unsaturated/α-hetero) is 1. The van der Waals surface area contributed by atoms with Crippen LogP contribution in [0.4, 0.5) is 5.69 Å². The van der Waals surface area contributed by atoms with E-state index in [4.69, 9.17) is 4.74 Å². The van der Waals surface area contributed by atoms with Gasteiger partial charge in [-0.15, -0.1) is 11.3 Å². The fraction of sp³-hybridized carbons (Fsp3) is 0.316. The minimum atomic E-state index is -3.80. The van der Waals surface area contributed by atoms with E-state index in [2.05, 4.69) is 5.32 Å². The van der Waals surface area contributed by atoms with Crippen molar-refractivity contribution in [3.8, 4) is 0 Å². The largest absolute Gasteiger partial charge is 0.451 e. The molecule has 0 radical (unpaired) electrons. The van der Waals surface area contributed by atoms with E-state index >= 15 is 0 Å². The lowest BCUT2D eigenvalue weighted by Crippen LogP contribution is -2.38. The van der Waals surface area contributed by atoms with Gasteiger partial charge in [0.25, 0.3) is 5.91 Å². The Morgan fingerprint density at radius 2 is 1.90 bits per heavy atom. The highest BCUT2D eigenvalue weighted by Crippen LogP contribution is 2.27. The summed E-state index contributed by atoms with van der Waals surface area (Å²) in [6.45, 7) is 1.61. The van der Waals surface area contributed by atoms with E-state index in [0.717, 1.165) is 11.3 Å². The van der Waals surface area contributed by atoms with Gasteiger partial charge in [-0.05, 0) is 30.5 Å². The van der Waals surface area contributed by atoms with Crippen LogP contribution >= 0.6 is 23.1 Å². The van der Waals surface area contributed by atoms with Gasteiger partial charge in [-0.3, -0.25) is 9.59 Å². The van der Waals surface area contributed by atoms with Crippen LogP contribution in [0, 0.1) is 0 Å². The molecule has 1 aromatic heterocycles. The number of hydrogen-bond acceptors (Lipinski definition) is 8. The van der Waals surface area contributed by atoms with Gasteiger partial charge >= 0.3 is 5.97 Å². The number of anilines is 1. The number of nitrogens with zero attached hydrogens (tertiary/aromatic N) is 1. The Kier molecular flexibility index (Phi) is 7.29. The molecule has 1 aliphatic heterocycles. The number of sulfonamides is 1. The van der Waals surface area contributed by atoms with Crippen molar-refractivity contribution < 1.29 is 27.5 Å². The first-order valence-electron chi connectivity index (χ1n) is 9.02. The van der Waals surface area contributed by atoms with Gasteiger partial charge in [0.05, 0.1) is 0 Å². The lowest BCUT2D eigenvalue weighted by Gasteiger charge is -2.25. The number of esters is 1. The van der Waals surface area contributed by atoms with E-state index in [1.54, 1.807) is 30.0 Å². The molecule has 160 valence electrons. The smallest absolute Gasteiger partial charge is 0.350 e. The van der Waals surface area contributed by atoms with Gasteiger partial charge in [0.1, 0.15) is 9.77 Å². The third kappa shape index (κ3) is 5.28. The molecule has 3 rings (SSSR count). The molecule has 2 heterocycles. The van der Waals surface area contributed by atoms with Gasteiger partial charge in [0.2, 0.25) is 10.0 Å². The van der Waals surface area contributed by atoms with E-state index < -0.39 is 28.5 Å². The number of rotatable bonds is 7. The van der Waals surface area contributed by atoms with Gasteiger partial charge in [0, 0.05) is 35.8 Å². The summed E-state index contributed by atoms with van der Waals surface area (Å²) in [5, 5.41) is 4.05. The number of ether oxygens (including phenoxy) is 1. The molecule has 0 spiro atoms. The van der Waals surface area contributed by atoms with Crippen molar-refractivity contribution in [2.75, 3.05) is 36.5 Å². The Morgan fingerprint density at radius 3 is 2.60 bits per heavy atom. The minimum absolute atomic E-state index is 0.0559. The fourth-order valence-corrected chi connectivity index (χ4v) is 6.64. The van der Waals surface area contributed by atoms with Gasteiger partial charge < -0.3 is 10.1 Å². The molecule has 11 heteroatoms. The zero-order valence-corrected chi connectivity index (χ0v) is 18.6. The summed E-state index contributed by atoms with van der Waals surface area (Å²) in [4.78, 5) is 35.8. The second-order valence-corrected chi connectivity index (χ2v) is 10.4. The average molecular weight is 469 g/mol. The van der Waals surface area contributed by atoms with Crippen LogP contribution < -0.4 is 5.32 Å². The van der Waals surface area contributed by atoms with E-state index in [-0.39, 0.29) is 15.6 Å². The number of thiophene rings is 1. The summed E-state index contributed by atoms with van der Waals surface area (Å²) in [5.74, 6) is -0.209. The number of amides is 1. The molecule has 1 saturated heterocycles. The second kappa shape index (κ2) is 9.73. The van der Waals surface area contributed by atoms with E-state index in [1.807, 2.05) is 0 Å². The lowest BCUT2D eigenvalue weighted by atomic mass is 10.1. The molecule has 8 nitrogen and oxygen atoms in total. The first-order chi connectivity index (χ1) is 14.3. The minimum Gasteiger partial charge on any atom is -0.451 e. The molecule has 0 atom stereocenters. The van der Waals surface area contributed by atoms with E-state index in [1.165, 1.54) is 28.7 Å². The van der Waals surface area contributed by atoms with Crippen LogP contribution in [0.5, 0.6) is 0 Å². The maximum absolute atomic E-state index is 12.8. The van der Waals surface area contributed by atoms with Crippen LogP contribution in [-0.2, 0) is 19.6 Å². The molecule has 1 aliphatic rings. The zero-order valence-electron chi connectivity index (χ0n) is 16.1. The summed E-state index contributed by atoms with van der Waals surface area (Å²) in [5.41, 5.74) is 0.834. The third-order valence-corrected chi connectivity index (χ3v) is 8.20.